The Bertz CT molecular complexity index is 709. The number of hydrogen-bond donors (Lipinski definition) is 2. The van der Waals surface area contributed by atoms with Gasteiger partial charge in [-0.05, 0) is 36.8 Å². The highest BCUT2D eigenvalue weighted by atomic mass is 35.5. The van der Waals surface area contributed by atoms with Gasteiger partial charge in [0.1, 0.15) is 12.4 Å². The van der Waals surface area contributed by atoms with Gasteiger partial charge in [0.05, 0.1) is 23.4 Å². The molecule has 0 radical (unpaired) electrons. The highest BCUT2D eigenvalue weighted by Gasteiger charge is 2.28. The van der Waals surface area contributed by atoms with Gasteiger partial charge in [-0.1, -0.05) is 35.3 Å². The number of rotatable bonds is 5. The van der Waals surface area contributed by atoms with Crippen LogP contribution in [-0.2, 0) is 0 Å². The van der Waals surface area contributed by atoms with E-state index in [0.29, 0.717) is 16.8 Å². The molecule has 1 saturated heterocycles. The molecule has 0 aliphatic carbocycles. The first kappa shape index (κ1) is 18.3. The molecule has 1 aliphatic rings. The van der Waals surface area contributed by atoms with Gasteiger partial charge < -0.3 is 20.1 Å². The maximum atomic E-state index is 8.88. The molecular formula is C19H22Cl2N2O2. The monoisotopic (exact) mass is 380 g/mol. The molecule has 0 aromatic heterocycles. The van der Waals surface area contributed by atoms with E-state index in [4.69, 9.17) is 33.0 Å². The zero-order valence-electron chi connectivity index (χ0n) is 14.1. The van der Waals surface area contributed by atoms with E-state index in [1.807, 2.05) is 24.3 Å². The summed E-state index contributed by atoms with van der Waals surface area (Å²) in [6.07, 6.45) is 0. The Kier molecular flexibility index (Phi) is 6.07. The number of hydrogen-bond acceptors (Lipinski definition) is 4. The molecule has 2 aromatic rings. The first-order valence-electron chi connectivity index (χ1n) is 8.37. The van der Waals surface area contributed by atoms with Crippen molar-refractivity contribution < 1.29 is 9.84 Å². The highest BCUT2D eigenvalue weighted by molar-refractivity contribution is 6.33. The summed E-state index contributed by atoms with van der Waals surface area (Å²) in [6.45, 7) is 4.09. The molecule has 2 aromatic carbocycles. The Morgan fingerprint density at radius 1 is 1.20 bits per heavy atom. The van der Waals surface area contributed by atoms with Crippen molar-refractivity contribution in [1.82, 2.24) is 5.32 Å². The Balaban J connectivity index is 1.89. The number of anilines is 1. The number of aliphatic hydroxyl groups is 1. The van der Waals surface area contributed by atoms with Gasteiger partial charge >= 0.3 is 0 Å². The smallest absolute Gasteiger partial charge is 0.121 e. The van der Waals surface area contributed by atoms with Crippen molar-refractivity contribution in [2.24, 2.45) is 0 Å². The van der Waals surface area contributed by atoms with Crippen molar-refractivity contribution >= 4 is 28.9 Å². The van der Waals surface area contributed by atoms with Crippen LogP contribution in [-0.4, -0.2) is 37.5 Å². The summed E-state index contributed by atoms with van der Waals surface area (Å²) in [7, 11) is 0. The quantitative estimate of drug-likeness (QED) is 0.825. The molecule has 2 N–H and O–H groups in total. The normalized spacial score (nSPS) is 20.6. The molecule has 1 fully saturated rings. The number of ether oxygens (including phenoxy) is 1. The summed E-state index contributed by atoms with van der Waals surface area (Å²) in [6, 6.07) is 14.2. The van der Waals surface area contributed by atoms with Gasteiger partial charge in [0.2, 0.25) is 0 Å². The SMILES string of the molecule is C[C@@H]1CN(c2ccc(OCCO)cc2Cl)C(c2ccc(Cl)cc2)CN1. The van der Waals surface area contributed by atoms with E-state index in [2.05, 4.69) is 29.3 Å². The lowest BCUT2D eigenvalue weighted by molar-refractivity contribution is 0.201. The van der Waals surface area contributed by atoms with E-state index in [1.165, 1.54) is 5.56 Å². The van der Waals surface area contributed by atoms with Gasteiger partial charge in [-0.25, -0.2) is 0 Å². The van der Waals surface area contributed by atoms with Gasteiger partial charge in [-0.3, -0.25) is 0 Å². The van der Waals surface area contributed by atoms with Crippen LogP contribution in [0.25, 0.3) is 0 Å². The van der Waals surface area contributed by atoms with Crippen molar-refractivity contribution in [2.75, 3.05) is 31.2 Å². The largest absolute Gasteiger partial charge is 0.491 e. The van der Waals surface area contributed by atoms with Gasteiger partial charge in [0.15, 0.2) is 0 Å². The van der Waals surface area contributed by atoms with Crippen molar-refractivity contribution in [2.45, 2.75) is 19.0 Å². The summed E-state index contributed by atoms with van der Waals surface area (Å²) < 4.78 is 5.44. The summed E-state index contributed by atoms with van der Waals surface area (Å²) >= 11 is 12.6. The average molecular weight is 381 g/mol. The predicted octanol–water partition coefficient (Wildman–Crippen LogP) is 3.90. The molecule has 1 unspecified atom stereocenters. The summed E-state index contributed by atoms with van der Waals surface area (Å²) in [5, 5.41) is 13.8. The minimum absolute atomic E-state index is 0.0205. The maximum absolute atomic E-state index is 8.88. The molecule has 0 amide bonds. The number of nitrogens with zero attached hydrogens (tertiary/aromatic N) is 1. The number of piperazine rings is 1. The second-order valence-corrected chi connectivity index (χ2v) is 7.06. The first-order chi connectivity index (χ1) is 12.1. The lowest BCUT2D eigenvalue weighted by Crippen LogP contribution is -2.51. The predicted molar refractivity (Wildman–Crippen MR) is 103 cm³/mol. The van der Waals surface area contributed by atoms with Gasteiger partial charge in [0, 0.05) is 30.2 Å². The van der Waals surface area contributed by atoms with Crippen LogP contribution in [0.15, 0.2) is 42.5 Å². The third kappa shape index (κ3) is 4.39. The topological polar surface area (TPSA) is 44.7 Å². The van der Waals surface area contributed by atoms with Crippen LogP contribution in [0.3, 0.4) is 0 Å². The molecule has 134 valence electrons. The Morgan fingerprint density at radius 2 is 1.96 bits per heavy atom. The van der Waals surface area contributed by atoms with Crippen LogP contribution in [0.4, 0.5) is 5.69 Å². The number of benzene rings is 2. The fourth-order valence-corrected chi connectivity index (χ4v) is 3.54. The van der Waals surface area contributed by atoms with E-state index >= 15 is 0 Å². The van der Waals surface area contributed by atoms with Crippen LogP contribution >= 0.6 is 23.2 Å². The van der Waals surface area contributed by atoms with Gasteiger partial charge in [0.25, 0.3) is 0 Å². The van der Waals surface area contributed by atoms with Gasteiger partial charge in [-0.2, -0.15) is 0 Å². The highest BCUT2D eigenvalue weighted by Crippen LogP contribution is 2.36. The van der Waals surface area contributed by atoms with Crippen LogP contribution in [0.5, 0.6) is 5.75 Å². The molecule has 1 aliphatic heterocycles. The molecule has 6 heteroatoms. The van der Waals surface area contributed by atoms with Crippen LogP contribution in [0.2, 0.25) is 10.0 Å². The molecular weight excluding hydrogens is 359 g/mol. The van der Waals surface area contributed by atoms with Crippen molar-refractivity contribution in [3.63, 3.8) is 0 Å². The van der Waals surface area contributed by atoms with Crippen molar-refractivity contribution in [3.05, 3.63) is 58.1 Å². The second kappa shape index (κ2) is 8.28. The Morgan fingerprint density at radius 3 is 2.64 bits per heavy atom. The fraction of sp³-hybridized carbons (Fsp3) is 0.368. The molecule has 1 heterocycles. The number of aliphatic hydroxyl groups excluding tert-OH is 1. The summed E-state index contributed by atoms with van der Waals surface area (Å²) in [4.78, 5) is 2.32. The Labute approximate surface area is 158 Å². The third-order valence-corrected chi connectivity index (χ3v) is 4.90. The summed E-state index contributed by atoms with van der Waals surface area (Å²) in [5.41, 5.74) is 2.17. The Hall–Kier alpha value is -1.46. The van der Waals surface area contributed by atoms with Crippen LogP contribution in [0, 0.1) is 0 Å². The molecule has 4 nitrogen and oxygen atoms in total. The van der Waals surface area contributed by atoms with E-state index in [-0.39, 0.29) is 19.3 Å². The maximum Gasteiger partial charge on any atom is 0.121 e. The lowest BCUT2D eigenvalue weighted by Gasteiger charge is -2.41. The van der Waals surface area contributed by atoms with E-state index < -0.39 is 0 Å². The zero-order chi connectivity index (χ0) is 17.8. The van der Waals surface area contributed by atoms with Crippen molar-refractivity contribution in [3.8, 4) is 5.75 Å². The second-order valence-electron chi connectivity index (χ2n) is 6.21. The average Bonchev–Trinajstić information content (AvgIpc) is 2.61. The zero-order valence-corrected chi connectivity index (χ0v) is 15.6. The molecule has 0 bridgehead atoms. The van der Waals surface area contributed by atoms with E-state index in [9.17, 15) is 0 Å². The lowest BCUT2D eigenvalue weighted by atomic mass is 10.0. The fourth-order valence-electron chi connectivity index (χ4n) is 3.13. The first-order valence-corrected chi connectivity index (χ1v) is 9.13. The van der Waals surface area contributed by atoms with Crippen molar-refractivity contribution in [1.29, 1.82) is 0 Å². The number of nitrogens with one attached hydrogen (secondary N) is 1. The molecule has 0 saturated carbocycles. The minimum Gasteiger partial charge on any atom is -0.491 e. The third-order valence-electron chi connectivity index (χ3n) is 4.35. The molecule has 25 heavy (non-hydrogen) atoms. The number of halogens is 2. The van der Waals surface area contributed by atoms with Crippen LogP contribution in [0.1, 0.15) is 18.5 Å². The van der Waals surface area contributed by atoms with E-state index in [0.717, 1.165) is 23.8 Å². The van der Waals surface area contributed by atoms with Crippen LogP contribution < -0.4 is 15.0 Å². The van der Waals surface area contributed by atoms with Gasteiger partial charge in [-0.15, -0.1) is 0 Å². The molecule has 2 atom stereocenters. The standard InChI is InChI=1S/C19H22Cl2N2O2/c1-13-12-23(18-7-6-16(10-17(18)21)25-9-8-24)19(11-22-13)14-2-4-15(20)5-3-14/h2-7,10,13,19,22,24H,8-9,11-12H2,1H3/t13-,19?/m1/s1. The minimum atomic E-state index is -0.0205. The molecule has 0 spiro atoms. The summed E-state index contributed by atoms with van der Waals surface area (Å²) in [5.74, 6) is 0.661. The van der Waals surface area contributed by atoms with E-state index in [1.54, 1.807) is 6.07 Å². The molecule has 3 rings (SSSR count).